The highest BCUT2D eigenvalue weighted by atomic mass is 16.5. The minimum Gasteiger partial charge on any atom is -0.464 e. The van der Waals surface area contributed by atoms with Gasteiger partial charge in [0.15, 0.2) is 11.8 Å². The molecule has 3 N–H and O–H groups in total. The maximum atomic E-state index is 11.8. The van der Waals surface area contributed by atoms with Crippen molar-refractivity contribution < 1.29 is 14.3 Å². The van der Waals surface area contributed by atoms with Crippen molar-refractivity contribution in [2.75, 3.05) is 12.0 Å². The van der Waals surface area contributed by atoms with Crippen LogP contribution in [0, 0.1) is 0 Å². The first-order chi connectivity index (χ1) is 7.24. The van der Waals surface area contributed by atoms with Gasteiger partial charge >= 0.3 is 5.97 Å². The summed E-state index contributed by atoms with van der Waals surface area (Å²) in [6.07, 6.45) is 1.63. The van der Waals surface area contributed by atoms with Crippen LogP contribution < -0.4 is 10.9 Å². The number of anilines is 1. The first-order valence-corrected chi connectivity index (χ1v) is 4.63. The molecule has 0 aliphatic carbocycles. The predicted molar refractivity (Wildman–Crippen MR) is 52.3 cm³/mol. The fraction of sp³-hybridized carbons (Fsp3) is 0.333. The number of carbonyl (C=O) groups is 2. The van der Waals surface area contributed by atoms with Gasteiger partial charge in [0.2, 0.25) is 0 Å². The smallest absolute Gasteiger partial charge is 0.333 e. The highest BCUT2D eigenvalue weighted by molar-refractivity contribution is 6.15. The third-order valence-corrected chi connectivity index (χ3v) is 2.14. The fourth-order valence-electron chi connectivity index (χ4n) is 1.44. The van der Waals surface area contributed by atoms with Gasteiger partial charge in [0.25, 0.3) is 0 Å². The molecular weight excluding hydrogens is 198 g/mol. The van der Waals surface area contributed by atoms with Crippen LogP contribution in [0.4, 0.5) is 5.82 Å². The molecule has 2 heterocycles. The van der Waals surface area contributed by atoms with Crippen LogP contribution in [0.25, 0.3) is 0 Å². The van der Waals surface area contributed by atoms with Crippen LogP contribution in [-0.4, -0.2) is 29.4 Å². The number of ether oxygens (including phenoxy) is 1. The summed E-state index contributed by atoms with van der Waals surface area (Å²) in [7, 11) is 0. The van der Waals surface area contributed by atoms with E-state index in [1.807, 2.05) is 0 Å². The Balaban J connectivity index is 2.20. The summed E-state index contributed by atoms with van der Waals surface area (Å²) in [4.78, 5) is 26.0. The molecule has 1 unspecified atom stereocenters. The maximum Gasteiger partial charge on any atom is 0.333 e. The number of nitrogens with one attached hydrogen (secondary N) is 3. The molecule has 0 aromatic carbocycles. The number of aromatic amines is 1. The summed E-state index contributed by atoms with van der Waals surface area (Å²) in [5.74, 6) is -0.286. The Hall–Kier alpha value is -1.82. The zero-order chi connectivity index (χ0) is 10.8. The molecule has 15 heavy (non-hydrogen) atoms. The number of Topliss-reactive ketones (excluding diaryl/α,β-unsaturated/α-hetero) is 1. The summed E-state index contributed by atoms with van der Waals surface area (Å²) in [6.45, 7) is 1.95. The molecule has 2 rings (SSSR count). The third kappa shape index (κ3) is 1.59. The van der Waals surface area contributed by atoms with Crippen molar-refractivity contribution in [2.45, 2.75) is 13.0 Å². The van der Waals surface area contributed by atoms with E-state index in [-0.39, 0.29) is 12.4 Å². The summed E-state index contributed by atoms with van der Waals surface area (Å²) in [5.41, 5.74) is 5.79. The summed E-state index contributed by atoms with van der Waals surface area (Å²) >= 11 is 0. The van der Waals surface area contributed by atoms with Gasteiger partial charge in [0, 0.05) is 6.20 Å². The van der Waals surface area contributed by atoms with Crippen LogP contribution in [0.1, 0.15) is 17.3 Å². The van der Waals surface area contributed by atoms with Crippen molar-refractivity contribution in [1.82, 2.24) is 10.4 Å². The lowest BCUT2D eigenvalue weighted by atomic mass is 10.1. The molecule has 0 bridgehead atoms. The normalized spacial score (nSPS) is 19.3. The van der Waals surface area contributed by atoms with E-state index >= 15 is 0 Å². The van der Waals surface area contributed by atoms with E-state index in [0.29, 0.717) is 11.4 Å². The fourth-order valence-corrected chi connectivity index (χ4v) is 1.44. The number of hydrazine groups is 1. The minimum absolute atomic E-state index is 0.254. The largest absolute Gasteiger partial charge is 0.464 e. The highest BCUT2D eigenvalue weighted by Crippen LogP contribution is 2.18. The van der Waals surface area contributed by atoms with E-state index < -0.39 is 12.0 Å². The molecule has 0 amide bonds. The molecular formula is C9H11N3O3. The molecule has 1 atom stereocenters. The lowest BCUT2D eigenvalue weighted by molar-refractivity contribution is -0.144. The van der Waals surface area contributed by atoms with Gasteiger partial charge in [-0.1, -0.05) is 0 Å². The minimum atomic E-state index is -0.965. The number of carbonyl (C=O) groups excluding carboxylic acids is 2. The third-order valence-electron chi connectivity index (χ3n) is 2.14. The monoisotopic (exact) mass is 209 g/mol. The quantitative estimate of drug-likeness (QED) is 0.474. The number of rotatable bonds is 2. The standard InChI is InChI=1S/C9H11N3O3/c1-2-15-9(14)6-7(13)5-3-4-10-8(5)12-11-6/h3-4,6,10-12H,2H2,1H3. The van der Waals surface area contributed by atoms with Crippen LogP contribution >= 0.6 is 0 Å². The van der Waals surface area contributed by atoms with Gasteiger partial charge in [-0.2, -0.15) is 0 Å². The molecule has 1 aromatic rings. The topological polar surface area (TPSA) is 83.2 Å². The second-order valence-corrected chi connectivity index (χ2v) is 3.08. The number of hydrogen-bond donors (Lipinski definition) is 3. The first kappa shape index (κ1) is 9.72. The van der Waals surface area contributed by atoms with Crippen molar-refractivity contribution in [3.8, 4) is 0 Å². The SMILES string of the molecule is CCOC(=O)C1NNc2[nH]ccc2C1=O. The van der Waals surface area contributed by atoms with Gasteiger partial charge in [-0.15, -0.1) is 0 Å². The van der Waals surface area contributed by atoms with Crippen LogP contribution in [0.5, 0.6) is 0 Å². The van der Waals surface area contributed by atoms with Crippen LogP contribution in [0.3, 0.4) is 0 Å². The zero-order valence-electron chi connectivity index (χ0n) is 8.16. The molecule has 0 spiro atoms. The number of esters is 1. The number of aromatic nitrogens is 1. The Morgan fingerprint density at radius 3 is 3.13 bits per heavy atom. The van der Waals surface area contributed by atoms with Crippen LogP contribution in [-0.2, 0) is 9.53 Å². The summed E-state index contributed by atoms with van der Waals surface area (Å²) < 4.78 is 4.77. The van der Waals surface area contributed by atoms with Crippen molar-refractivity contribution in [3.05, 3.63) is 17.8 Å². The second-order valence-electron chi connectivity index (χ2n) is 3.08. The average Bonchev–Trinajstić information content (AvgIpc) is 2.67. The molecule has 1 aliphatic rings. The number of fused-ring (bicyclic) bond motifs is 1. The van der Waals surface area contributed by atoms with Crippen molar-refractivity contribution in [1.29, 1.82) is 0 Å². The van der Waals surface area contributed by atoms with Gasteiger partial charge < -0.3 is 15.1 Å². The van der Waals surface area contributed by atoms with E-state index in [0.717, 1.165) is 0 Å². The maximum absolute atomic E-state index is 11.8. The molecule has 0 radical (unpaired) electrons. The summed E-state index contributed by atoms with van der Waals surface area (Å²) in [5, 5.41) is 0. The lowest BCUT2D eigenvalue weighted by Crippen LogP contribution is -2.50. The predicted octanol–water partition coefficient (Wildman–Crippen LogP) is 0.0592. The Labute approximate surface area is 86.0 Å². The van der Waals surface area contributed by atoms with E-state index in [9.17, 15) is 9.59 Å². The number of ketones is 1. The van der Waals surface area contributed by atoms with E-state index in [1.165, 1.54) is 0 Å². The van der Waals surface area contributed by atoms with Gasteiger partial charge in [0.1, 0.15) is 5.82 Å². The molecule has 6 heteroatoms. The number of hydrogen-bond acceptors (Lipinski definition) is 5. The average molecular weight is 209 g/mol. The first-order valence-electron chi connectivity index (χ1n) is 4.63. The molecule has 0 saturated heterocycles. The molecule has 1 aliphatic heterocycles. The Morgan fingerprint density at radius 2 is 2.40 bits per heavy atom. The number of H-pyrrole nitrogens is 1. The van der Waals surface area contributed by atoms with Gasteiger partial charge in [-0.3, -0.25) is 4.79 Å². The van der Waals surface area contributed by atoms with E-state index in [4.69, 9.17) is 4.74 Å². The van der Waals surface area contributed by atoms with Crippen LogP contribution in [0.2, 0.25) is 0 Å². The molecule has 80 valence electrons. The summed E-state index contributed by atoms with van der Waals surface area (Å²) in [6, 6.07) is 0.658. The molecule has 0 saturated carbocycles. The Morgan fingerprint density at radius 1 is 1.60 bits per heavy atom. The Kier molecular flexibility index (Phi) is 2.42. The van der Waals surface area contributed by atoms with Crippen molar-refractivity contribution >= 4 is 17.6 Å². The lowest BCUT2D eigenvalue weighted by Gasteiger charge is -2.21. The van der Waals surface area contributed by atoms with Crippen molar-refractivity contribution in [2.24, 2.45) is 0 Å². The Bertz CT molecular complexity index is 399. The molecule has 1 aromatic heterocycles. The molecule has 0 fully saturated rings. The second kappa shape index (κ2) is 3.74. The van der Waals surface area contributed by atoms with Gasteiger partial charge in [0.05, 0.1) is 12.2 Å². The van der Waals surface area contributed by atoms with Crippen LogP contribution in [0.15, 0.2) is 12.3 Å². The van der Waals surface area contributed by atoms with E-state index in [1.54, 1.807) is 19.2 Å². The van der Waals surface area contributed by atoms with Gasteiger partial charge in [-0.25, -0.2) is 10.2 Å². The van der Waals surface area contributed by atoms with E-state index in [2.05, 4.69) is 15.8 Å². The zero-order valence-corrected chi connectivity index (χ0v) is 8.16. The molecule has 6 nitrogen and oxygen atoms in total. The van der Waals surface area contributed by atoms with Crippen molar-refractivity contribution in [3.63, 3.8) is 0 Å². The van der Waals surface area contributed by atoms with Gasteiger partial charge in [-0.05, 0) is 13.0 Å². The highest BCUT2D eigenvalue weighted by Gasteiger charge is 2.34.